The average molecular weight is 398 g/mol. The number of nitrogens with zero attached hydrogens (tertiary/aromatic N) is 2. The summed E-state index contributed by atoms with van der Waals surface area (Å²) in [5, 5.41) is 6.21. The van der Waals surface area contributed by atoms with Gasteiger partial charge in [0.25, 0.3) is 5.91 Å². The third kappa shape index (κ3) is 6.78. The van der Waals surface area contributed by atoms with Gasteiger partial charge in [0.1, 0.15) is 11.6 Å². The Hall–Kier alpha value is -3.09. The first-order chi connectivity index (χ1) is 14.0. The Bertz CT molecular complexity index is 850. The van der Waals surface area contributed by atoms with E-state index < -0.39 is 0 Å². The quantitative estimate of drug-likeness (QED) is 0.530. The van der Waals surface area contributed by atoms with Crippen LogP contribution in [0.5, 0.6) is 5.75 Å². The summed E-state index contributed by atoms with van der Waals surface area (Å²) in [6.45, 7) is 1.20. The molecule has 0 aromatic heterocycles. The van der Waals surface area contributed by atoms with Crippen LogP contribution in [0, 0.1) is 5.82 Å². The first kappa shape index (κ1) is 20.6. The largest absolute Gasteiger partial charge is 0.484 e. The minimum absolute atomic E-state index is 0.0233. The van der Waals surface area contributed by atoms with E-state index in [4.69, 9.17) is 4.74 Å². The summed E-state index contributed by atoms with van der Waals surface area (Å²) in [5.41, 5.74) is 2.01. The van der Waals surface area contributed by atoms with Crippen molar-refractivity contribution in [3.05, 3.63) is 65.5 Å². The lowest BCUT2D eigenvalue weighted by atomic mass is 10.2. The fourth-order valence-corrected chi connectivity index (χ4v) is 2.90. The maximum atomic E-state index is 13.1. The van der Waals surface area contributed by atoms with Gasteiger partial charge in [-0.3, -0.25) is 9.79 Å². The number of aliphatic imine (C=N–C) groups is 1. The molecule has 1 amide bonds. The Morgan fingerprint density at radius 1 is 1.21 bits per heavy atom. The molecule has 1 aliphatic rings. The normalized spacial score (nSPS) is 13.7. The number of carbonyl (C=O) groups excluding carboxylic acids is 1. The van der Waals surface area contributed by atoms with E-state index in [1.807, 2.05) is 36.2 Å². The van der Waals surface area contributed by atoms with Crippen LogP contribution in [-0.4, -0.2) is 43.5 Å². The van der Waals surface area contributed by atoms with E-state index in [0.29, 0.717) is 24.9 Å². The average Bonchev–Trinajstić information content (AvgIpc) is 3.53. The van der Waals surface area contributed by atoms with Crippen LogP contribution < -0.4 is 15.4 Å². The highest BCUT2D eigenvalue weighted by atomic mass is 19.1. The van der Waals surface area contributed by atoms with Gasteiger partial charge < -0.3 is 20.3 Å². The first-order valence-corrected chi connectivity index (χ1v) is 9.71. The highest BCUT2D eigenvalue weighted by Crippen LogP contribution is 2.18. The van der Waals surface area contributed by atoms with E-state index in [1.54, 1.807) is 19.2 Å². The molecular weight excluding hydrogens is 371 g/mol. The van der Waals surface area contributed by atoms with Crippen molar-refractivity contribution in [1.29, 1.82) is 0 Å². The number of amides is 1. The molecule has 6 nitrogen and oxygen atoms in total. The molecule has 1 saturated carbocycles. The van der Waals surface area contributed by atoms with Crippen molar-refractivity contribution in [2.75, 3.05) is 20.7 Å². The summed E-state index contributed by atoms with van der Waals surface area (Å²) in [6.07, 6.45) is 2.12. The smallest absolute Gasteiger partial charge is 0.258 e. The van der Waals surface area contributed by atoms with Gasteiger partial charge in [-0.1, -0.05) is 24.3 Å². The van der Waals surface area contributed by atoms with E-state index in [9.17, 15) is 9.18 Å². The van der Waals surface area contributed by atoms with E-state index in [1.165, 1.54) is 12.1 Å². The molecule has 0 atom stereocenters. The van der Waals surface area contributed by atoms with Gasteiger partial charge >= 0.3 is 0 Å². The highest BCUT2D eigenvalue weighted by Gasteiger charge is 2.23. The van der Waals surface area contributed by atoms with Crippen LogP contribution in [0.15, 0.2) is 53.5 Å². The van der Waals surface area contributed by atoms with Crippen LogP contribution in [0.3, 0.4) is 0 Å². The number of benzene rings is 2. The second-order valence-corrected chi connectivity index (χ2v) is 7.16. The zero-order valence-corrected chi connectivity index (χ0v) is 16.8. The summed E-state index contributed by atoms with van der Waals surface area (Å²) in [5.74, 6) is 1.05. The van der Waals surface area contributed by atoms with Crippen molar-refractivity contribution in [3.8, 4) is 5.75 Å². The Labute approximate surface area is 170 Å². The van der Waals surface area contributed by atoms with E-state index in [-0.39, 0.29) is 18.3 Å². The molecule has 3 rings (SSSR count). The first-order valence-electron chi connectivity index (χ1n) is 9.71. The molecule has 0 unspecified atom stereocenters. The number of nitrogens with one attached hydrogen (secondary N) is 2. The number of rotatable bonds is 8. The minimum Gasteiger partial charge on any atom is -0.484 e. The van der Waals surface area contributed by atoms with Crippen molar-refractivity contribution in [2.24, 2.45) is 4.99 Å². The number of hydrogen-bond donors (Lipinski definition) is 2. The zero-order chi connectivity index (χ0) is 20.6. The molecule has 1 aliphatic carbocycles. The molecule has 0 heterocycles. The number of hydrogen-bond acceptors (Lipinski definition) is 3. The molecule has 0 radical (unpaired) electrons. The molecule has 0 spiro atoms. The monoisotopic (exact) mass is 398 g/mol. The third-order valence-electron chi connectivity index (χ3n) is 4.57. The SMILES string of the molecule is CN=C(NCc1cccc(OCC(=O)NC2CC2)c1)N(C)Cc1ccc(F)cc1. The summed E-state index contributed by atoms with van der Waals surface area (Å²) in [7, 11) is 3.65. The van der Waals surface area contributed by atoms with Gasteiger partial charge in [-0.2, -0.15) is 0 Å². The second kappa shape index (κ2) is 9.91. The molecule has 29 heavy (non-hydrogen) atoms. The van der Waals surface area contributed by atoms with Gasteiger partial charge in [0.15, 0.2) is 12.6 Å². The van der Waals surface area contributed by atoms with Gasteiger partial charge in [-0.15, -0.1) is 0 Å². The molecule has 154 valence electrons. The van der Waals surface area contributed by atoms with E-state index in [0.717, 1.165) is 29.9 Å². The molecule has 0 saturated heterocycles. The van der Waals surface area contributed by atoms with Crippen LogP contribution in [0.4, 0.5) is 4.39 Å². The predicted octanol–water partition coefficient (Wildman–Crippen LogP) is 2.69. The molecule has 0 aliphatic heterocycles. The van der Waals surface area contributed by atoms with Crippen LogP contribution in [-0.2, 0) is 17.9 Å². The van der Waals surface area contributed by atoms with Crippen LogP contribution in [0.2, 0.25) is 0 Å². The lowest BCUT2D eigenvalue weighted by Gasteiger charge is -2.22. The maximum absolute atomic E-state index is 13.1. The van der Waals surface area contributed by atoms with Crippen LogP contribution >= 0.6 is 0 Å². The number of ether oxygens (including phenoxy) is 1. The lowest BCUT2D eigenvalue weighted by molar-refractivity contribution is -0.123. The summed E-state index contributed by atoms with van der Waals surface area (Å²) in [4.78, 5) is 18.0. The fourth-order valence-electron chi connectivity index (χ4n) is 2.90. The van der Waals surface area contributed by atoms with Crippen LogP contribution in [0.1, 0.15) is 24.0 Å². The zero-order valence-electron chi connectivity index (χ0n) is 16.8. The molecule has 2 aromatic carbocycles. The van der Waals surface area contributed by atoms with Crippen LogP contribution in [0.25, 0.3) is 0 Å². The molecular formula is C22H27FN4O2. The topological polar surface area (TPSA) is 66.0 Å². The van der Waals surface area contributed by atoms with Gasteiger partial charge in [0, 0.05) is 33.2 Å². The summed E-state index contributed by atoms with van der Waals surface area (Å²) in [6, 6.07) is 14.4. The summed E-state index contributed by atoms with van der Waals surface area (Å²) < 4.78 is 18.7. The third-order valence-corrected chi connectivity index (χ3v) is 4.57. The Morgan fingerprint density at radius 2 is 1.97 bits per heavy atom. The second-order valence-electron chi connectivity index (χ2n) is 7.16. The Kier molecular flexibility index (Phi) is 7.05. The van der Waals surface area contributed by atoms with E-state index >= 15 is 0 Å². The number of halogens is 1. The molecule has 7 heteroatoms. The molecule has 0 bridgehead atoms. The van der Waals surface area contributed by atoms with Crippen molar-refractivity contribution in [3.63, 3.8) is 0 Å². The van der Waals surface area contributed by atoms with Gasteiger partial charge in [-0.25, -0.2) is 4.39 Å². The van der Waals surface area contributed by atoms with Crippen molar-refractivity contribution >= 4 is 11.9 Å². The van der Waals surface area contributed by atoms with E-state index in [2.05, 4.69) is 15.6 Å². The molecule has 2 aromatic rings. The van der Waals surface area contributed by atoms with Gasteiger partial charge in [0.05, 0.1) is 0 Å². The van der Waals surface area contributed by atoms with Crippen molar-refractivity contribution < 1.29 is 13.9 Å². The standard InChI is InChI=1S/C22H27FN4O2/c1-24-22(27(2)14-16-6-8-18(23)9-7-16)25-13-17-4-3-5-20(12-17)29-15-21(28)26-19-10-11-19/h3-9,12,19H,10-11,13-15H2,1-2H3,(H,24,25)(H,26,28). The Morgan fingerprint density at radius 3 is 2.66 bits per heavy atom. The number of guanidine groups is 1. The lowest BCUT2D eigenvalue weighted by Crippen LogP contribution is -2.38. The highest BCUT2D eigenvalue weighted by molar-refractivity contribution is 5.79. The van der Waals surface area contributed by atoms with Crippen molar-refractivity contribution in [2.45, 2.75) is 32.0 Å². The maximum Gasteiger partial charge on any atom is 0.258 e. The van der Waals surface area contributed by atoms with Gasteiger partial charge in [0.2, 0.25) is 0 Å². The molecule has 1 fully saturated rings. The summed E-state index contributed by atoms with van der Waals surface area (Å²) >= 11 is 0. The molecule has 2 N–H and O–H groups in total. The number of carbonyl (C=O) groups is 1. The minimum atomic E-state index is -0.244. The van der Waals surface area contributed by atoms with Crippen molar-refractivity contribution in [1.82, 2.24) is 15.5 Å². The Balaban J connectivity index is 1.49. The van der Waals surface area contributed by atoms with Gasteiger partial charge in [-0.05, 0) is 48.2 Å². The fraction of sp³-hybridized carbons (Fsp3) is 0.364. The predicted molar refractivity (Wildman–Crippen MR) is 111 cm³/mol.